The number of aliphatic hydroxyl groups is 3. The summed E-state index contributed by atoms with van der Waals surface area (Å²) >= 11 is 1.38. The van der Waals surface area contributed by atoms with Crippen LogP contribution < -0.4 is 5.48 Å². The van der Waals surface area contributed by atoms with Gasteiger partial charge < -0.3 is 15.3 Å². The van der Waals surface area contributed by atoms with E-state index in [4.69, 9.17) is 5.21 Å². The second-order valence-electron chi connectivity index (χ2n) is 8.58. The number of thiophene rings is 1. The van der Waals surface area contributed by atoms with Crippen LogP contribution in [0.2, 0.25) is 0 Å². The summed E-state index contributed by atoms with van der Waals surface area (Å²) in [7, 11) is 0. The minimum absolute atomic E-state index is 0.0113. The quantitative estimate of drug-likeness (QED) is 0.200. The molecule has 1 fully saturated rings. The van der Waals surface area contributed by atoms with Crippen LogP contribution in [-0.2, 0) is 4.79 Å². The van der Waals surface area contributed by atoms with Crippen LogP contribution in [0.25, 0.3) is 10.1 Å². The number of hydrogen-bond donors (Lipinski definition) is 5. The van der Waals surface area contributed by atoms with Crippen LogP contribution in [0.15, 0.2) is 24.3 Å². The first-order chi connectivity index (χ1) is 14.9. The van der Waals surface area contributed by atoms with Crippen LogP contribution in [0, 0.1) is 17.7 Å². The lowest BCUT2D eigenvalue weighted by atomic mass is 9.84. The minimum Gasteiger partial charge on any atom is -0.393 e. The fourth-order valence-corrected chi connectivity index (χ4v) is 5.86. The lowest BCUT2D eigenvalue weighted by molar-refractivity contribution is -0.129. The van der Waals surface area contributed by atoms with Gasteiger partial charge in [0.1, 0.15) is 5.82 Å². The SMILES string of the molecule is O=C(CCCCCC[C@@H]1[C@@H](CCC(O)c2cc3c(F)cccc3s2)[C@H](O)C[C@@H]1O)NO. The Bertz CT molecular complexity index is 860. The molecule has 3 rings (SSSR count). The molecule has 0 spiro atoms. The van der Waals surface area contributed by atoms with Gasteiger partial charge in [-0.2, -0.15) is 0 Å². The maximum absolute atomic E-state index is 13.9. The van der Waals surface area contributed by atoms with E-state index in [0.29, 0.717) is 37.5 Å². The van der Waals surface area contributed by atoms with E-state index in [1.165, 1.54) is 17.4 Å². The fourth-order valence-electron chi connectivity index (χ4n) is 4.76. The predicted octanol–water partition coefficient (Wildman–Crippen LogP) is 4.06. The summed E-state index contributed by atoms with van der Waals surface area (Å²) in [6, 6.07) is 6.61. The Morgan fingerprint density at radius 1 is 1.13 bits per heavy atom. The topological polar surface area (TPSA) is 110 Å². The second kappa shape index (κ2) is 11.3. The summed E-state index contributed by atoms with van der Waals surface area (Å²) in [4.78, 5) is 11.7. The third kappa shape index (κ3) is 6.23. The molecule has 2 aromatic rings. The van der Waals surface area contributed by atoms with Crippen molar-refractivity contribution >= 4 is 27.3 Å². The summed E-state index contributed by atoms with van der Waals surface area (Å²) in [6.45, 7) is 0. The predicted molar refractivity (Wildman–Crippen MR) is 117 cm³/mol. The molecule has 1 heterocycles. The highest BCUT2D eigenvalue weighted by Crippen LogP contribution is 2.41. The number of halogens is 1. The number of unbranched alkanes of at least 4 members (excludes halogenated alkanes) is 3. The second-order valence-corrected chi connectivity index (χ2v) is 9.69. The first kappa shape index (κ1) is 24.1. The normalized spacial score (nSPS) is 24.5. The van der Waals surface area contributed by atoms with Crippen molar-refractivity contribution in [3.05, 3.63) is 35.0 Å². The van der Waals surface area contributed by atoms with Gasteiger partial charge in [0.05, 0.1) is 18.3 Å². The van der Waals surface area contributed by atoms with E-state index in [9.17, 15) is 24.5 Å². The van der Waals surface area contributed by atoms with Crippen molar-refractivity contribution in [1.29, 1.82) is 0 Å². The minimum atomic E-state index is -0.722. The molecule has 0 radical (unpaired) electrons. The number of benzene rings is 1. The van der Waals surface area contributed by atoms with Crippen LogP contribution in [-0.4, -0.2) is 38.6 Å². The molecule has 5 atom stereocenters. The van der Waals surface area contributed by atoms with Crippen LogP contribution >= 0.6 is 11.3 Å². The van der Waals surface area contributed by atoms with E-state index < -0.39 is 18.3 Å². The number of fused-ring (bicyclic) bond motifs is 1. The molecule has 6 nitrogen and oxygen atoms in total. The highest BCUT2D eigenvalue weighted by atomic mass is 32.1. The van der Waals surface area contributed by atoms with Crippen molar-refractivity contribution < 1.29 is 29.7 Å². The molecular formula is C23H32FNO5S. The van der Waals surface area contributed by atoms with Gasteiger partial charge in [0.25, 0.3) is 0 Å². The number of rotatable bonds is 11. The lowest BCUT2D eigenvalue weighted by Gasteiger charge is -2.24. The van der Waals surface area contributed by atoms with E-state index >= 15 is 0 Å². The number of carbonyl (C=O) groups is 1. The maximum atomic E-state index is 13.9. The first-order valence-electron chi connectivity index (χ1n) is 11.1. The number of hydrogen-bond acceptors (Lipinski definition) is 6. The monoisotopic (exact) mass is 453 g/mol. The van der Waals surface area contributed by atoms with Gasteiger partial charge in [-0.3, -0.25) is 10.0 Å². The molecule has 1 aliphatic rings. The van der Waals surface area contributed by atoms with Crippen molar-refractivity contribution in [2.75, 3.05) is 0 Å². The zero-order valence-electron chi connectivity index (χ0n) is 17.5. The van der Waals surface area contributed by atoms with E-state index in [-0.39, 0.29) is 23.6 Å². The summed E-state index contributed by atoms with van der Waals surface area (Å²) < 4.78 is 14.7. The number of amides is 1. The van der Waals surface area contributed by atoms with Gasteiger partial charge in [0, 0.05) is 21.4 Å². The zero-order chi connectivity index (χ0) is 22.4. The fraction of sp³-hybridized carbons (Fsp3) is 0.609. The number of carbonyl (C=O) groups excluding carboxylic acids is 1. The number of aliphatic hydroxyl groups excluding tert-OH is 3. The third-order valence-corrected chi connectivity index (χ3v) is 7.67. The summed E-state index contributed by atoms with van der Waals surface area (Å²) in [5.41, 5.74) is 1.62. The van der Waals surface area contributed by atoms with Gasteiger partial charge in [-0.25, -0.2) is 9.87 Å². The molecule has 0 saturated heterocycles. The van der Waals surface area contributed by atoms with Gasteiger partial charge in [-0.15, -0.1) is 11.3 Å². The molecule has 1 amide bonds. The van der Waals surface area contributed by atoms with Crippen LogP contribution in [0.5, 0.6) is 0 Å². The molecule has 1 aromatic carbocycles. The van der Waals surface area contributed by atoms with Crippen LogP contribution in [0.3, 0.4) is 0 Å². The van der Waals surface area contributed by atoms with Crippen molar-refractivity contribution in [3.8, 4) is 0 Å². The van der Waals surface area contributed by atoms with E-state index in [0.717, 1.165) is 35.3 Å². The average molecular weight is 454 g/mol. The zero-order valence-corrected chi connectivity index (χ0v) is 18.4. The molecular weight excluding hydrogens is 421 g/mol. The summed E-state index contributed by atoms with van der Waals surface area (Å²) in [6.07, 6.45) is 4.02. The van der Waals surface area contributed by atoms with Gasteiger partial charge >= 0.3 is 0 Å². The van der Waals surface area contributed by atoms with E-state index in [1.54, 1.807) is 17.6 Å². The molecule has 5 N–H and O–H groups in total. The Morgan fingerprint density at radius 2 is 1.84 bits per heavy atom. The smallest absolute Gasteiger partial charge is 0.243 e. The van der Waals surface area contributed by atoms with Crippen molar-refractivity contribution in [3.63, 3.8) is 0 Å². The Morgan fingerprint density at radius 3 is 2.55 bits per heavy atom. The van der Waals surface area contributed by atoms with E-state index in [2.05, 4.69) is 0 Å². The van der Waals surface area contributed by atoms with Crippen LogP contribution in [0.4, 0.5) is 4.39 Å². The van der Waals surface area contributed by atoms with Gasteiger partial charge in [0.2, 0.25) is 5.91 Å². The number of nitrogens with one attached hydrogen (secondary N) is 1. The molecule has 0 bridgehead atoms. The highest BCUT2D eigenvalue weighted by Gasteiger charge is 2.41. The summed E-state index contributed by atoms with van der Waals surface area (Å²) in [5, 5.41) is 40.5. The van der Waals surface area contributed by atoms with E-state index in [1.807, 2.05) is 6.07 Å². The summed E-state index contributed by atoms with van der Waals surface area (Å²) in [5.74, 6) is -0.758. The maximum Gasteiger partial charge on any atom is 0.243 e. The van der Waals surface area contributed by atoms with Gasteiger partial charge in [-0.05, 0) is 62.1 Å². The molecule has 1 aliphatic carbocycles. The Labute approximate surface area is 185 Å². The standard InChI is InChI=1S/C23H32FNO5S/c24-17-7-5-8-21-16(17)12-22(31-21)18(26)11-10-15-14(19(27)13-20(15)28)6-3-1-2-4-9-23(29)25-30/h5,7-8,12,14-15,18-20,26-28,30H,1-4,6,9-11,13H2,(H,25,29)/t14-,15-,18?,19+,20-/m1/s1. The highest BCUT2D eigenvalue weighted by molar-refractivity contribution is 7.19. The van der Waals surface area contributed by atoms with Gasteiger partial charge in [-0.1, -0.05) is 25.3 Å². The van der Waals surface area contributed by atoms with Crippen molar-refractivity contribution in [2.45, 2.75) is 76.1 Å². The van der Waals surface area contributed by atoms with Crippen molar-refractivity contribution in [2.24, 2.45) is 11.8 Å². The average Bonchev–Trinajstić information content (AvgIpc) is 3.30. The van der Waals surface area contributed by atoms with Crippen LogP contribution in [0.1, 0.15) is 68.8 Å². The van der Waals surface area contributed by atoms with Crippen molar-refractivity contribution in [1.82, 2.24) is 5.48 Å². The Kier molecular flexibility index (Phi) is 8.80. The third-order valence-electron chi connectivity index (χ3n) is 6.47. The van der Waals surface area contributed by atoms with Gasteiger partial charge in [0.15, 0.2) is 0 Å². The molecule has 1 unspecified atom stereocenters. The molecule has 0 aliphatic heterocycles. The Hall–Kier alpha value is -1.58. The first-order valence-corrected chi connectivity index (χ1v) is 11.9. The molecule has 1 saturated carbocycles. The number of hydroxylamine groups is 1. The molecule has 1 aromatic heterocycles. The largest absolute Gasteiger partial charge is 0.393 e. The Balaban J connectivity index is 1.48. The molecule has 31 heavy (non-hydrogen) atoms. The molecule has 8 heteroatoms. The lowest BCUT2D eigenvalue weighted by Crippen LogP contribution is -2.23. The molecule has 172 valence electrons.